The summed E-state index contributed by atoms with van der Waals surface area (Å²) in [4.78, 5) is 0. The Labute approximate surface area is 75.2 Å². The molecule has 1 N–H and O–H groups in total. The minimum Gasteiger partial charge on any atom is -0.390 e. The molecule has 2 fully saturated rings. The smallest absolute Gasteiger partial charge is 0.0678 e. The maximum absolute atomic E-state index is 10.1. The maximum atomic E-state index is 10.1. The standard InChI is InChI=1S/C11H20O/c1-8-7-11(12,9(8)2)6-5-10-3-4-10/h8-10,12H,3-7H2,1-2H3. The van der Waals surface area contributed by atoms with Crippen molar-refractivity contribution in [1.82, 2.24) is 0 Å². The van der Waals surface area contributed by atoms with Gasteiger partial charge in [0, 0.05) is 0 Å². The summed E-state index contributed by atoms with van der Waals surface area (Å²) in [7, 11) is 0. The van der Waals surface area contributed by atoms with Crippen LogP contribution in [0.1, 0.15) is 46.0 Å². The van der Waals surface area contributed by atoms with Gasteiger partial charge in [-0.2, -0.15) is 0 Å². The summed E-state index contributed by atoms with van der Waals surface area (Å²) in [5.74, 6) is 2.25. The summed E-state index contributed by atoms with van der Waals surface area (Å²) >= 11 is 0. The molecule has 0 aromatic carbocycles. The normalized spacial score (nSPS) is 47.2. The first-order chi connectivity index (χ1) is 5.62. The maximum Gasteiger partial charge on any atom is 0.0678 e. The van der Waals surface area contributed by atoms with Crippen molar-refractivity contribution in [1.29, 1.82) is 0 Å². The molecule has 0 aromatic rings. The molecule has 0 saturated heterocycles. The second kappa shape index (κ2) is 2.73. The third-order valence-corrected chi connectivity index (χ3v) is 4.06. The largest absolute Gasteiger partial charge is 0.390 e. The second-order valence-electron chi connectivity index (χ2n) is 5.06. The molecule has 2 aliphatic rings. The molecule has 1 nitrogen and oxygen atoms in total. The molecule has 70 valence electrons. The lowest BCUT2D eigenvalue weighted by molar-refractivity contribution is -0.131. The van der Waals surface area contributed by atoms with Crippen LogP contribution in [0.3, 0.4) is 0 Å². The van der Waals surface area contributed by atoms with Gasteiger partial charge in [0.2, 0.25) is 0 Å². The highest BCUT2D eigenvalue weighted by molar-refractivity contribution is 4.98. The van der Waals surface area contributed by atoms with Crippen LogP contribution in [0.4, 0.5) is 0 Å². The average molecular weight is 168 g/mol. The summed E-state index contributed by atoms with van der Waals surface area (Å²) in [6, 6.07) is 0. The van der Waals surface area contributed by atoms with Crippen molar-refractivity contribution in [2.75, 3.05) is 0 Å². The van der Waals surface area contributed by atoms with E-state index in [1.807, 2.05) is 0 Å². The molecule has 0 heterocycles. The summed E-state index contributed by atoms with van der Waals surface area (Å²) in [5.41, 5.74) is -0.276. The molecule has 0 bridgehead atoms. The van der Waals surface area contributed by atoms with E-state index in [0.717, 1.165) is 24.7 Å². The Morgan fingerprint density at radius 3 is 2.42 bits per heavy atom. The highest BCUT2D eigenvalue weighted by Gasteiger charge is 2.47. The number of rotatable bonds is 3. The van der Waals surface area contributed by atoms with E-state index in [1.165, 1.54) is 19.3 Å². The topological polar surface area (TPSA) is 20.2 Å². The van der Waals surface area contributed by atoms with Gasteiger partial charge in [0.1, 0.15) is 0 Å². The summed E-state index contributed by atoms with van der Waals surface area (Å²) < 4.78 is 0. The van der Waals surface area contributed by atoms with E-state index >= 15 is 0 Å². The van der Waals surface area contributed by atoms with Crippen molar-refractivity contribution in [3.8, 4) is 0 Å². The van der Waals surface area contributed by atoms with Crippen molar-refractivity contribution < 1.29 is 5.11 Å². The molecule has 3 atom stereocenters. The van der Waals surface area contributed by atoms with Gasteiger partial charge < -0.3 is 5.11 Å². The lowest BCUT2D eigenvalue weighted by atomic mass is 9.61. The first-order valence-corrected chi connectivity index (χ1v) is 5.34. The van der Waals surface area contributed by atoms with E-state index < -0.39 is 0 Å². The molecular formula is C11H20O. The summed E-state index contributed by atoms with van der Waals surface area (Å²) in [5, 5.41) is 10.1. The van der Waals surface area contributed by atoms with Gasteiger partial charge in [0.15, 0.2) is 0 Å². The summed E-state index contributed by atoms with van der Waals surface area (Å²) in [6.07, 6.45) is 6.21. The molecule has 0 spiro atoms. The molecule has 2 saturated carbocycles. The fourth-order valence-electron chi connectivity index (χ4n) is 2.48. The zero-order chi connectivity index (χ0) is 8.77. The van der Waals surface area contributed by atoms with Gasteiger partial charge in [-0.15, -0.1) is 0 Å². The van der Waals surface area contributed by atoms with Crippen LogP contribution in [0.2, 0.25) is 0 Å². The van der Waals surface area contributed by atoms with E-state index in [9.17, 15) is 5.11 Å². The Hall–Kier alpha value is -0.0400. The Morgan fingerprint density at radius 1 is 1.33 bits per heavy atom. The quantitative estimate of drug-likeness (QED) is 0.686. The fourth-order valence-corrected chi connectivity index (χ4v) is 2.48. The van der Waals surface area contributed by atoms with Crippen molar-refractivity contribution in [2.24, 2.45) is 17.8 Å². The van der Waals surface area contributed by atoms with E-state index in [0.29, 0.717) is 5.92 Å². The average Bonchev–Trinajstić information content (AvgIpc) is 2.83. The predicted octanol–water partition coefficient (Wildman–Crippen LogP) is 2.58. The minimum atomic E-state index is -0.276. The number of hydrogen-bond donors (Lipinski definition) is 1. The Kier molecular flexibility index (Phi) is 1.95. The molecule has 0 radical (unpaired) electrons. The molecular weight excluding hydrogens is 148 g/mol. The van der Waals surface area contributed by atoms with Gasteiger partial charge in [-0.25, -0.2) is 0 Å². The number of aliphatic hydroxyl groups is 1. The van der Waals surface area contributed by atoms with Crippen LogP contribution in [-0.2, 0) is 0 Å². The molecule has 0 amide bonds. The first kappa shape index (κ1) is 8.55. The zero-order valence-corrected chi connectivity index (χ0v) is 8.21. The Balaban J connectivity index is 1.77. The van der Waals surface area contributed by atoms with Gasteiger partial charge in [-0.3, -0.25) is 0 Å². The molecule has 1 heteroatoms. The van der Waals surface area contributed by atoms with Crippen LogP contribution < -0.4 is 0 Å². The van der Waals surface area contributed by atoms with E-state index in [4.69, 9.17) is 0 Å². The first-order valence-electron chi connectivity index (χ1n) is 5.34. The Bertz CT molecular complexity index is 174. The minimum absolute atomic E-state index is 0.276. The van der Waals surface area contributed by atoms with Gasteiger partial charge in [-0.1, -0.05) is 26.7 Å². The number of hydrogen-bond acceptors (Lipinski definition) is 1. The van der Waals surface area contributed by atoms with Crippen LogP contribution in [0, 0.1) is 17.8 Å². The van der Waals surface area contributed by atoms with Crippen LogP contribution in [0.15, 0.2) is 0 Å². The van der Waals surface area contributed by atoms with Crippen LogP contribution in [-0.4, -0.2) is 10.7 Å². The van der Waals surface area contributed by atoms with Gasteiger partial charge in [0.25, 0.3) is 0 Å². The molecule has 0 aromatic heterocycles. The van der Waals surface area contributed by atoms with Crippen molar-refractivity contribution in [3.63, 3.8) is 0 Å². The second-order valence-corrected chi connectivity index (χ2v) is 5.06. The third kappa shape index (κ3) is 1.39. The van der Waals surface area contributed by atoms with Crippen LogP contribution in [0.5, 0.6) is 0 Å². The fraction of sp³-hybridized carbons (Fsp3) is 1.00. The van der Waals surface area contributed by atoms with E-state index in [-0.39, 0.29) is 5.60 Å². The van der Waals surface area contributed by atoms with E-state index in [2.05, 4.69) is 13.8 Å². The lowest BCUT2D eigenvalue weighted by Gasteiger charge is -2.49. The zero-order valence-electron chi connectivity index (χ0n) is 8.21. The predicted molar refractivity (Wildman–Crippen MR) is 49.9 cm³/mol. The lowest BCUT2D eigenvalue weighted by Crippen LogP contribution is -2.51. The molecule has 2 rings (SSSR count). The van der Waals surface area contributed by atoms with Crippen molar-refractivity contribution in [3.05, 3.63) is 0 Å². The van der Waals surface area contributed by atoms with Gasteiger partial charge >= 0.3 is 0 Å². The van der Waals surface area contributed by atoms with Gasteiger partial charge in [0.05, 0.1) is 5.60 Å². The SMILES string of the molecule is CC1CC(O)(CCC2CC2)C1C. The molecule has 0 aliphatic heterocycles. The van der Waals surface area contributed by atoms with Crippen molar-refractivity contribution in [2.45, 2.75) is 51.6 Å². The highest BCUT2D eigenvalue weighted by atomic mass is 16.3. The molecule has 3 unspecified atom stereocenters. The monoisotopic (exact) mass is 168 g/mol. The van der Waals surface area contributed by atoms with Crippen LogP contribution >= 0.6 is 0 Å². The van der Waals surface area contributed by atoms with Crippen LogP contribution in [0.25, 0.3) is 0 Å². The molecule has 12 heavy (non-hydrogen) atoms. The summed E-state index contributed by atoms with van der Waals surface area (Å²) in [6.45, 7) is 4.44. The van der Waals surface area contributed by atoms with Gasteiger partial charge in [-0.05, 0) is 37.0 Å². The van der Waals surface area contributed by atoms with E-state index in [1.54, 1.807) is 0 Å². The molecule has 2 aliphatic carbocycles. The highest BCUT2D eigenvalue weighted by Crippen LogP contribution is 2.48. The Morgan fingerprint density at radius 2 is 2.00 bits per heavy atom. The van der Waals surface area contributed by atoms with Crippen molar-refractivity contribution >= 4 is 0 Å². The third-order valence-electron chi connectivity index (χ3n) is 4.06.